The van der Waals surface area contributed by atoms with Crippen molar-refractivity contribution in [3.05, 3.63) is 76.9 Å². The molecule has 0 radical (unpaired) electrons. The van der Waals surface area contributed by atoms with Crippen LogP contribution in [0, 0.1) is 5.82 Å². The Bertz CT molecular complexity index is 883. The zero-order valence-corrected chi connectivity index (χ0v) is 16.0. The number of rotatable bonds is 9. The van der Waals surface area contributed by atoms with E-state index in [9.17, 15) is 17.6 Å². The molecule has 0 spiro atoms. The number of benzene rings is 2. The summed E-state index contributed by atoms with van der Waals surface area (Å²) in [5, 5.41) is 1.08. The van der Waals surface area contributed by atoms with Gasteiger partial charge in [0.2, 0.25) is 15.9 Å². The maximum Gasteiger partial charge on any atom is 0.233 e. The highest BCUT2D eigenvalue weighted by Gasteiger charge is 2.14. The minimum absolute atomic E-state index is 0.0000524. The Hall–Kier alpha value is -2.51. The second kappa shape index (κ2) is 9.99. The quantitative estimate of drug-likeness (QED) is 0.715. The fraction of sp³-hybridized carbons (Fsp3) is 0.250. The summed E-state index contributed by atoms with van der Waals surface area (Å²) < 4.78 is 39.6. The molecule has 0 aromatic heterocycles. The third-order valence-corrected chi connectivity index (χ3v) is 4.98. The molecule has 2 aromatic rings. The molecule has 0 fully saturated rings. The van der Waals surface area contributed by atoms with E-state index in [0.29, 0.717) is 12.1 Å². The van der Waals surface area contributed by atoms with E-state index < -0.39 is 10.0 Å². The predicted octanol–water partition coefficient (Wildman–Crippen LogP) is 3.15. The molecule has 1 amide bonds. The Morgan fingerprint density at radius 1 is 1.15 bits per heavy atom. The van der Waals surface area contributed by atoms with E-state index in [2.05, 4.69) is 4.72 Å². The molecule has 0 aliphatic heterocycles. The summed E-state index contributed by atoms with van der Waals surface area (Å²) in [5.41, 5.74) is 1.46. The van der Waals surface area contributed by atoms with Gasteiger partial charge in [-0.2, -0.15) is 0 Å². The van der Waals surface area contributed by atoms with Crippen molar-refractivity contribution in [2.24, 2.45) is 0 Å². The van der Waals surface area contributed by atoms with Gasteiger partial charge in [0.05, 0.1) is 0 Å². The van der Waals surface area contributed by atoms with Crippen LogP contribution in [0.1, 0.15) is 24.5 Å². The molecular weight excluding hydrogens is 367 g/mol. The minimum atomic E-state index is -3.62. The first-order valence-electron chi connectivity index (χ1n) is 8.64. The zero-order valence-electron chi connectivity index (χ0n) is 15.1. The fourth-order valence-electron chi connectivity index (χ4n) is 2.47. The maximum atomic E-state index is 13.3. The molecule has 0 heterocycles. The molecule has 2 rings (SSSR count). The number of sulfonamides is 1. The van der Waals surface area contributed by atoms with E-state index in [4.69, 9.17) is 0 Å². The van der Waals surface area contributed by atoms with Gasteiger partial charge in [0.1, 0.15) is 5.82 Å². The largest absolute Gasteiger partial charge is 0.339 e. The molecule has 0 aliphatic rings. The van der Waals surface area contributed by atoms with Gasteiger partial charge in [-0.05, 0) is 36.3 Å². The van der Waals surface area contributed by atoms with E-state index >= 15 is 0 Å². The van der Waals surface area contributed by atoms with E-state index in [-0.39, 0.29) is 31.2 Å². The van der Waals surface area contributed by atoms with Crippen LogP contribution in [-0.4, -0.2) is 32.3 Å². The number of amides is 1. The summed E-state index contributed by atoms with van der Waals surface area (Å²) in [7, 11) is -3.62. The Kier molecular flexibility index (Phi) is 7.69. The maximum absolute atomic E-state index is 13.3. The summed E-state index contributed by atoms with van der Waals surface area (Å²) in [6.45, 7) is 2.56. The Balaban J connectivity index is 1.85. The molecule has 0 unspecified atom stereocenters. The number of halogens is 1. The number of carbonyl (C=O) groups excluding carboxylic acids is 1. The van der Waals surface area contributed by atoms with E-state index in [0.717, 1.165) is 11.0 Å². The molecule has 144 valence electrons. The van der Waals surface area contributed by atoms with Crippen LogP contribution in [-0.2, 0) is 21.4 Å². The Labute approximate surface area is 159 Å². The van der Waals surface area contributed by atoms with Crippen LogP contribution in [0.5, 0.6) is 0 Å². The normalized spacial score (nSPS) is 11.6. The molecule has 27 heavy (non-hydrogen) atoms. The Morgan fingerprint density at radius 2 is 1.89 bits per heavy atom. The van der Waals surface area contributed by atoms with Gasteiger partial charge in [0.25, 0.3) is 0 Å². The smallest absolute Gasteiger partial charge is 0.233 e. The third-order valence-electron chi connectivity index (χ3n) is 3.88. The van der Waals surface area contributed by atoms with Crippen LogP contribution in [0.15, 0.2) is 60.0 Å². The topological polar surface area (TPSA) is 66.5 Å². The van der Waals surface area contributed by atoms with E-state index in [1.165, 1.54) is 18.2 Å². The van der Waals surface area contributed by atoms with Crippen molar-refractivity contribution in [2.75, 3.05) is 13.1 Å². The average molecular weight is 390 g/mol. The standard InChI is InChI=1S/C20H23FN2O3S/c1-2-23(16-18-9-6-10-19(21)15-18)20(24)11-13-22-27(25,26)14-12-17-7-4-3-5-8-17/h3-10,12,14-15,22H,2,11,13,16H2,1H3/b14-12+. The van der Waals surface area contributed by atoms with Crippen LogP contribution < -0.4 is 4.72 Å². The molecule has 7 heteroatoms. The average Bonchev–Trinajstić information content (AvgIpc) is 2.65. The molecule has 0 saturated heterocycles. The summed E-state index contributed by atoms with van der Waals surface area (Å²) in [4.78, 5) is 13.9. The second-order valence-electron chi connectivity index (χ2n) is 5.94. The van der Waals surface area contributed by atoms with Gasteiger partial charge < -0.3 is 4.90 Å². The van der Waals surface area contributed by atoms with E-state index in [1.54, 1.807) is 29.2 Å². The second-order valence-corrected chi connectivity index (χ2v) is 7.59. The molecule has 0 bridgehead atoms. The molecule has 0 saturated carbocycles. The van der Waals surface area contributed by atoms with Crippen molar-refractivity contribution in [3.63, 3.8) is 0 Å². The van der Waals surface area contributed by atoms with Gasteiger partial charge in [-0.15, -0.1) is 0 Å². The van der Waals surface area contributed by atoms with Crippen LogP contribution in [0.2, 0.25) is 0 Å². The summed E-state index contributed by atoms with van der Waals surface area (Å²) in [6, 6.07) is 15.1. The van der Waals surface area contributed by atoms with Crippen LogP contribution in [0.25, 0.3) is 6.08 Å². The van der Waals surface area contributed by atoms with Gasteiger partial charge in [0, 0.05) is 31.5 Å². The zero-order chi connectivity index (χ0) is 19.7. The summed E-state index contributed by atoms with van der Waals surface area (Å²) >= 11 is 0. The first-order chi connectivity index (χ1) is 12.9. The number of nitrogens with zero attached hydrogens (tertiary/aromatic N) is 1. The third kappa shape index (κ3) is 7.32. The molecular formula is C20H23FN2O3S. The first-order valence-corrected chi connectivity index (χ1v) is 10.2. The van der Waals surface area contributed by atoms with Crippen molar-refractivity contribution in [1.82, 2.24) is 9.62 Å². The van der Waals surface area contributed by atoms with E-state index in [1.807, 2.05) is 25.1 Å². The van der Waals surface area contributed by atoms with Crippen molar-refractivity contribution < 1.29 is 17.6 Å². The molecule has 0 atom stereocenters. The Morgan fingerprint density at radius 3 is 2.56 bits per heavy atom. The van der Waals surface area contributed by atoms with Gasteiger partial charge >= 0.3 is 0 Å². The molecule has 5 nitrogen and oxygen atoms in total. The van der Waals surface area contributed by atoms with Crippen molar-refractivity contribution in [2.45, 2.75) is 19.9 Å². The van der Waals surface area contributed by atoms with Crippen LogP contribution >= 0.6 is 0 Å². The fourth-order valence-corrected chi connectivity index (χ4v) is 3.29. The van der Waals surface area contributed by atoms with Crippen LogP contribution in [0.3, 0.4) is 0 Å². The first kappa shape index (κ1) is 20.8. The highest BCUT2D eigenvalue weighted by molar-refractivity contribution is 7.92. The van der Waals surface area contributed by atoms with Crippen molar-refractivity contribution in [3.8, 4) is 0 Å². The highest BCUT2D eigenvalue weighted by Crippen LogP contribution is 2.08. The number of hydrogen-bond donors (Lipinski definition) is 1. The lowest BCUT2D eigenvalue weighted by atomic mass is 10.2. The van der Waals surface area contributed by atoms with Gasteiger partial charge in [-0.25, -0.2) is 17.5 Å². The van der Waals surface area contributed by atoms with Crippen molar-refractivity contribution >= 4 is 22.0 Å². The van der Waals surface area contributed by atoms with Crippen molar-refractivity contribution in [1.29, 1.82) is 0 Å². The van der Waals surface area contributed by atoms with Gasteiger partial charge in [-0.1, -0.05) is 42.5 Å². The molecule has 2 aromatic carbocycles. The minimum Gasteiger partial charge on any atom is -0.339 e. The number of carbonyl (C=O) groups is 1. The summed E-state index contributed by atoms with van der Waals surface area (Å²) in [5.74, 6) is -0.550. The highest BCUT2D eigenvalue weighted by atomic mass is 32.2. The lowest BCUT2D eigenvalue weighted by Crippen LogP contribution is -2.33. The van der Waals surface area contributed by atoms with Crippen LogP contribution in [0.4, 0.5) is 4.39 Å². The van der Waals surface area contributed by atoms with Gasteiger partial charge in [-0.3, -0.25) is 4.79 Å². The molecule has 0 aliphatic carbocycles. The monoisotopic (exact) mass is 390 g/mol. The van der Waals surface area contributed by atoms with Gasteiger partial charge in [0.15, 0.2) is 0 Å². The predicted molar refractivity (Wildman–Crippen MR) is 105 cm³/mol. The SMILES string of the molecule is CCN(Cc1cccc(F)c1)C(=O)CCNS(=O)(=O)/C=C/c1ccccc1. The summed E-state index contributed by atoms with van der Waals surface area (Å²) in [6.07, 6.45) is 1.52. The molecule has 1 N–H and O–H groups in total. The number of hydrogen-bond acceptors (Lipinski definition) is 3. The lowest BCUT2D eigenvalue weighted by molar-refractivity contribution is -0.131. The lowest BCUT2D eigenvalue weighted by Gasteiger charge is -2.21. The number of nitrogens with one attached hydrogen (secondary N) is 1.